The number of benzene rings is 1. The first-order chi connectivity index (χ1) is 13.2. The van der Waals surface area contributed by atoms with Gasteiger partial charge in [-0.3, -0.25) is 19.2 Å². The SMILES string of the molecule is CC(=O)OC[C@H](OC(C)=O)[C@H]1OC(=O)[C@](Cc2ccccc2)(OC(C)=O)C1=O. The molecule has 1 aliphatic rings. The van der Waals surface area contributed by atoms with Crippen molar-refractivity contribution in [2.24, 2.45) is 0 Å². The maximum absolute atomic E-state index is 13.1. The van der Waals surface area contributed by atoms with E-state index in [9.17, 15) is 24.0 Å². The van der Waals surface area contributed by atoms with Crippen molar-refractivity contribution >= 4 is 29.7 Å². The summed E-state index contributed by atoms with van der Waals surface area (Å²) in [4.78, 5) is 59.8. The maximum atomic E-state index is 13.1. The monoisotopic (exact) mass is 392 g/mol. The van der Waals surface area contributed by atoms with Crippen molar-refractivity contribution in [3.8, 4) is 0 Å². The van der Waals surface area contributed by atoms with Crippen molar-refractivity contribution in [2.75, 3.05) is 6.61 Å². The average molecular weight is 392 g/mol. The van der Waals surface area contributed by atoms with E-state index >= 15 is 0 Å². The lowest BCUT2D eigenvalue weighted by Crippen LogP contribution is -2.51. The van der Waals surface area contributed by atoms with Gasteiger partial charge >= 0.3 is 23.9 Å². The number of ketones is 1. The highest BCUT2D eigenvalue weighted by Gasteiger charge is 2.62. The van der Waals surface area contributed by atoms with Crippen LogP contribution in [-0.4, -0.2) is 54.1 Å². The van der Waals surface area contributed by atoms with Crippen LogP contribution in [0.4, 0.5) is 0 Å². The van der Waals surface area contributed by atoms with E-state index in [0.717, 1.165) is 20.8 Å². The molecular formula is C19H20O9. The molecule has 0 N–H and O–H groups in total. The van der Waals surface area contributed by atoms with Crippen molar-refractivity contribution in [1.29, 1.82) is 0 Å². The standard InChI is InChI=1S/C19H20O9/c1-11(20)25-10-15(26-12(2)21)16-17(23)19(18(24)27-16,28-13(3)22)9-14-7-5-4-6-8-14/h4-8,15-16H,9-10H2,1-3H3/t15-,16+,19+/m0/s1. The molecule has 9 heteroatoms. The van der Waals surface area contributed by atoms with Crippen molar-refractivity contribution < 1.29 is 42.9 Å². The number of esters is 4. The van der Waals surface area contributed by atoms with Gasteiger partial charge in [0.2, 0.25) is 11.9 Å². The van der Waals surface area contributed by atoms with Gasteiger partial charge < -0.3 is 18.9 Å². The van der Waals surface area contributed by atoms with Crippen LogP contribution in [0.2, 0.25) is 0 Å². The summed E-state index contributed by atoms with van der Waals surface area (Å²) in [5.74, 6) is -4.28. The lowest BCUT2D eigenvalue weighted by atomic mass is 9.88. The van der Waals surface area contributed by atoms with E-state index in [1.165, 1.54) is 0 Å². The van der Waals surface area contributed by atoms with Gasteiger partial charge in [-0.1, -0.05) is 30.3 Å². The van der Waals surface area contributed by atoms with E-state index < -0.39 is 54.1 Å². The molecule has 1 aliphatic heterocycles. The number of hydrogen-bond acceptors (Lipinski definition) is 9. The molecule has 2 rings (SSSR count). The molecule has 0 radical (unpaired) electrons. The van der Waals surface area contributed by atoms with Crippen LogP contribution in [0.15, 0.2) is 30.3 Å². The third-order valence-corrected chi connectivity index (χ3v) is 3.94. The van der Waals surface area contributed by atoms with Gasteiger partial charge in [0, 0.05) is 27.2 Å². The molecule has 0 amide bonds. The van der Waals surface area contributed by atoms with E-state index in [1.807, 2.05) is 0 Å². The van der Waals surface area contributed by atoms with Crippen molar-refractivity contribution in [3.63, 3.8) is 0 Å². The Hall–Kier alpha value is -3.23. The Balaban J connectivity index is 2.37. The van der Waals surface area contributed by atoms with Crippen LogP contribution >= 0.6 is 0 Å². The first kappa shape index (κ1) is 21.1. The molecule has 0 spiro atoms. The molecular weight excluding hydrogens is 372 g/mol. The number of hydrogen-bond donors (Lipinski definition) is 0. The minimum absolute atomic E-state index is 0.248. The Kier molecular flexibility index (Phi) is 6.50. The van der Waals surface area contributed by atoms with E-state index in [4.69, 9.17) is 18.9 Å². The van der Waals surface area contributed by atoms with Crippen molar-refractivity contribution in [3.05, 3.63) is 35.9 Å². The summed E-state index contributed by atoms with van der Waals surface area (Å²) in [5.41, 5.74) is -1.66. The Morgan fingerprint density at radius 3 is 2.21 bits per heavy atom. The van der Waals surface area contributed by atoms with Gasteiger partial charge in [0.25, 0.3) is 5.60 Å². The second-order valence-corrected chi connectivity index (χ2v) is 6.22. The summed E-state index contributed by atoms with van der Waals surface area (Å²) in [6.07, 6.45) is -3.20. The predicted octanol–water partition coefficient (Wildman–Crippen LogP) is 0.520. The van der Waals surface area contributed by atoms with Gasteiger partial charge in [0.15, 0.2) is 6.10 Å². The highest BCUT2D eigenvalue weighted by atomic mass is 16.6. The molecule has 3 atom stereocenters. The molecule has 28 heavy (non-hydrogen) atoms. The Labute approximate surface area is 160 Å². The lowest BCUT2D eigenvalue weighted by Gasteiger charge is -2.24. The Morgan fingerprint density at radius 1 is 1.04 bits per heavy atom. The molecule has 1 fully saturated rings. The first-order valence-electron chi connectivity index (χ1n) is 8.45. The van der Waals surface area contributed by atoms with Crippen LogP contribution < -0.4 is 0 Å². The van der Waals surface area contributed by atoms with E-state index in [1.54, 1.807) is 30.3 Å². The minimum Gasteiger partial charge on any atom is -0.462 e. The fourth-order valence-electron chi connectivity index (χ4n) is 2.85. The summed E-state index contributed by atoms with van der Waals surface area (Å²) in [7, 11) is 0. The molecule has 0 saturated carbocycles. The van der Waals surface area contributed by atoms with E-state index in [2.05, 4.69) is 0 Å². The summed E-state index contributed by atoms with van der Waals surface area (Å²) in [6.45, 7) is 2.78. The van der Waals surface area contributed by atoms with Crippen LogP contribution in [0.3, 0.4) is 0 Å². The summed E-state index contributed by atoms with van der Waals surface area (Å²) < 4.78 is 20.0. The van der Waals surface area contributed by atoms with Crippen LogP contribution in [0.25, 0.3) is 0 Å². The normalized spacial score (nSPS) is 22.2. The Morgan fingerprint density at radius 2 is 1.68 bits per heavy atom. The second-order valence-electron chi connectivity index (χ2n) is 6.22. The van der Waals surface area contributed by atoms with Crippen LogP contribution in [0.5, 0.6) is 0 Å². The molecule has 0 unspecified atom stereocenters. The number of rotatable bonds is 7. The molecule has 9 nitrogen and oxygen atoms in total. The number of carbonyl (C=O) groups is 5. The van der Waals surface area contributed by atoms with Crippen LogP contribution in [0.1, 0.15) is 26.3 Å². The number of Topliss-reactive ketones (excluding diaryl/α,β-unsaturated/α-hetero) is 1. The fourth-order valence-corrected chi connectivity index (χ4v) is 2.85. The minimum atomic E-state index is -2.22. The zero-order valence-corrected chi connectivity index (χ0v) is 15.6. The van der Waals surface area contributed by atoms with Gasteiger partial charge in [-0.15, -0.1) is 0 Å². The molecule has 1 saturated heterocycles. The largest absolute Gasteiger partial charge is 0.462 e. The second kappa shape index (κ2) is 8.64. The first-order valence-corrected chi connectivity index (χ1v) is 8.45. The van der Waals surface area contributed by atoms with Gasteiger partial charge in [-0.25, -0.2) is 4.79 Å². The zero-order chi connectivity index (χ0) is 20.9. The van der Waals surface area contributed by atoms with Crippen LogP contribution in [-0.2, 0) is 49.3 Å². The molecule has 1 aromatic carbocycles. The van der Waals surface area contributed by atoms with Crippen molar-refractivity contribution in [1.82, 2.24) is 0 Å². The van der Waals surface area contributed by atoms with E-state index in [0.29, 0.717) is 5.56 Å². The fraction of sp³-hybridized carbons (Fsp3) is 0.421. The van der Waals surface area contributed by atoms with Gasteiger partial charge in [0.05, 0.1) is 0 Å². The summed E-state index contributed by atoms with van der Waals surface area (Å²) in [5, 5.41) is 0. The molecule has 1 heterocycles. The van der Waals surface area contributed by atoms with Gasteiger partial charge in [0.1, 0.15) is 6.61 Å². The smallest absolute Gasteiger partial charge is 0.359 e. The molecule has 0 aliphatic carbocycles. The van der Waals surface area contributed by atoms with E-state index in [-0.39, 0.29) is 6.42 Å². The molecule has 0 bridgehead atoms. The summed E-state index contributed by atoms with van der Waals surface area (Å²) >= 11 is 0. The van der Waals surface area contributed by atoms with Crippen molar-refractivity contribution in [2.45, 2.75) is 45.0 Å². The highest BCUT2D eigenvalue weighted by molar-refractivity contribution is 6.15. The highest BCUT2D eigenvalue weighted by Crippen LogP contribution is 2.32. The predicted molar refractivity (Wildman–Crippen MR) is 91.7 cm³/mol. The third kappa shape index (κ3) is 4.73. The lowest BCUT2D eigenvalue weighted by molar-refractivity contribution is -0.174. The number of ether oxygens (including phenoxy) is 4. The number of carbonyl (C=O) groups excluding carboxylic acids is 5. The molecule has 150 valence electrons. The van der Waals surface area contributed by atoms with Gasteiger partial charge in [-0.05, 0) is 5.56 Å². The van der Waals surface area contributed by atoms with Gasteiger partial charge in [-0.2, -0.15) is 0 Å². The average Bonchev–Trinajstić information content (AvgIpc) is 2.83. The van der Waals surface area contributed by atoms with Crippen LogP contribution in [0, 0.1) is 0 Å². The topological polar surface area (TPSA) is 122 Å². The molecule has 1 aromatic rings. The Bertz CT molecular complexity index is 786. The quantitative estimate of drug-likeness (QED) is 0.371. The third-order valence-electron chi connectivity index (χ3n) is 3.94. The number of cyclic esters (lactones) is 1. The zero-order valence-electron chi connectivity index (χ0n) is 15.6. The maximum Gasteiger partial charge on any atom is 0.359 e. The summed E-state index contributed by atoms with van der Waals surface area (Å²) in [6, 6.07) is 8.45. The molecule has 0 aromatic heterocycles.